The average molecular weight is 189 g/mol. The minimum Gasteiger partial charge on any atom is -0.353 e. The Labute approximate surface area is 87.2 Å². The van der Waals surface area contributed by atoms with Crippen LogP contribution in [-0.4, -0.2) is 0 Å². The van der Waals surface area contributed by atoms with Gasteiger partial charge in [-0.25, -0.2) is 0 Å². The number of hydrogen-bond donors (Lipinski definition) is 1. The van der Waals surface area contributed by atoms with Crippen LogP contribution in [0.5, 0.6) is 0 Å². The molecule has 0 unspecified atom stereocenters. The lowest BCUT2D eigenvalue weighted by atomic mass is 10.2. The van der Waals surface area contributed by atoms with Gasteiger partial charge >= 0.3 is 0 Å². The van der Waals surface area contributed by atoms with Gasteiger partial charge < -0.3 is 5.32 Å². The molecule has 0 aromatic heterocycles. The maximum atomic E-state index is 3.59. The molecular weight excluding hydrogens is 170 g/mol. The van der Waals surface area contributed by atoms with Crippen LogP contribution in [0.2, 0.25) is 0 Å². The maximum absolute atomic E-state index is 3.59. The van der Waals surface area contributed by atoms with Gasteiger partial charge in [-0.05, 0) is 39.3 Å². The molecule has 1 nitrogen and oxygen atoms in total. The molecule has 0 saturated carbocycles. The number of allylic oxidation sites excluding steroid dienone is 6. The first-order valence-corrected chi connectivity index (χ1v) is 4.75. The van der Waals surface area contributed by atoms with Crippen molar-refractivity contribution in [1.82, 2.24) is 5.32 Å². The van der Waals surface area contributed by atoms with Gasteiger partial charge in [0.1, 0.15) is 0 Å². The summed E-state index contributed by atoms with van der Waals surface area (Å²) in [6.07, 6.45) is 8.13. The topological polar surface area (TPSA) is 12.0 Å². The van der Waals surface area contributed by atoms with Gasteiger partial charge in [0.05, 0.1) is 5.70 Å². The first kappa shape index (κ1) is 12.5. The van der Waals surface area contributed by atoms with Crippen molar-refractivity contribution < 1.29 is 0 Å². The Morgan fingerprint density at radius 1 is 1.14 bits per heavy atom. The zero-order chi connectivity index (χ0) is 11.0. The monoisotopic (exact) mass is 189 g/mol. The molecule has 76 valence electrons. The van der Waals surface area contributed by atoms with E-state index in [2.05, 4.69) is 30.6 Å². The van der Waals surface area contributed by atoms with Crippen LogP contribution in [0, 0.1) is 0 Å². The van der Waals surface area contributed by atoms with Crippen molar-refractivity contribution in [2.75, 3.05) is 0 Å². The van der Waals surface area contributed by atoms with Crippen LogP contribution in [0.4, 0.5) is 0 Å². The molecule has 0 aliphatic carbocycles. The second kappa shape index (κ2) is 6.99. The first-order chi connectivity index (χ1) is 6.65. The molecule has 0 fully saturated rings. The standard InChI is InChI=1S/C13H19N/c1-6-9-11(4)13(10-7-2)14-12(5)8-3/h6-7,9-10,14H,3H2,1-2,4-5H3/b9-6-,10-7-,13-11+. The third-order valence-electron chi connectivity index (χ3n) is 1.76. The zero-order valence-electron chi connectivity index (χ0n) is 9.52. The molecule has 0 atom stereocenters. The minimum atomic E-state index is 0.932. The van der Waals surface area contributed by atoms with E-state index in [0.29, 0.717) is 0 Å². The molecule has 14 heavy (non-hydrogen) atoms. The van der Waals surface area contributed by atoms with Crippen LogP contribution in [0.1, 0.15) is 27.7 Å². The molecular formula is C13H19N. The Morgan fingerprint density at radius 3 is 2.14 bits per heavy atom. The molecule has 0 spiro atoms. The number of nitrogens with one attached hydrogen (secondary N) is 1. The second-order valence-corrected chi connectivity index (χ2v) is 3.02. The van der Waals surface area contributed by atoms with E-state index in [9.17, 15) is 0 Å². The Hall–Kier alpha value is -1.46. The van der Waals surface area contributed by atoms with E-state index >= 15 is 0 Å². The quantitative estimate of drug-likeness (QED) is 0.525. The summed E-state index contributed by atoms with van der Waals surface area (Å²) in [5.41, 5.74) is 6.02. The summed E-state index contributed by atoms with van der Waals surface area (Å²) < 4.78 is 0. The van der Waals surface area contributed by atoms with E-state index in [0.717, 1.165) is 11.4 Å². The predicted molar refractivity (Wildman–Crippen MR) is 63.8 cm³/mol. The summed E-state index contributed by atoms with van der Waals surface area (Å²) in [5, 5.41) is 3.24. The summed E-state index contributed by atoms with van der Waals surface area (Å²) in [6.45, 7) is 11.6. The molecule has 0 heterocycles. The fraction of sp³-hybridized carbons (Fsp3) is 0.308. The smallest absolute Gasteiger partial charge is 0.0544 e. The summed E-state index contributed by atoms with van der Waals surface area (Å²) in [5.74, 6) is 0. The van der Waals surface area contributed by atoms with E-state index in [1.54, 1.807) is 0 Å². The van der Waals surface area contributed by atoms with Crippen LogP contribution in [-0.2, 0) is 0 Å². The van der Waals surface area contributed by atoms with Crippen molar-refractivity contribution in [3.63, 3.8) is 0 Å². The molecule has 1 heteroatoms. The van der Waals surface area contributed by atoms with Crippen molar-refractivity contribution in [1.29, 1.82) is 0 Å². The summed E-state index contributed by atoms with van der Waals surface area (Å²) in [4.78, 5) is 0. The number of rotatable bonds is 4. The zero-order valence-corrected chi connectivity index (χ0v) is 9.52. The fourth-order valence-electron chi connectivity index (χ4n) is 1.02. The Bertz CT molecular complexity index is 310. The lowest BCUT2D eigenvalue weighted by Gasteiger charge is -2.08. The van der Waals surface area contributed by atoms with Crippen LogP contribution in [0.3, 0.4) is 0 Å². The Kier molecular flexibility index (Phi) is 6.26. The van der Waals surface area contributed by atoms with Gasteiger partial charge in [-0.3, -0.25) is 0 Å². The third-order valence-corrected chi connectivity index (χ3v) is 1.76. The molecule has 1 N–H and O–H groups in total. The highest BCUT2D eigenvalue weighted by Crippen LogP contribution is 2.06. The van der Waals surface area contributed by atoms with Gasteiger partial charge in [0, 0.05) is 5.70 Å². The first-order valence-electron chi connectivity index (χ1n) is 4.75. The average Bonchev–Trinajstić information content (AvgIpc) is 2.17. The Morgan fingerprint density at radius 2 is 1.71 bits per heavy atom. The molecule has 0 aliphatic rings. The van der Waals surface area contributed by atoms with E-state index in [1.807, 2.05) is 39.0 Å². The fourth-order valence-corrected chi connectivity index (χ4v) is 1.02. The van der Waals surface area contributed by atoms with E-state index in [4.69, 9.17) is 0 Å². The van der Waals surface area contributed by atoms with Crippen molar-refractivity contribution in [3.8, 4) is 0 Å². The minimum absolute atomic E-state index is 0.932. The molecule has 0 rings (SSSR count). The highest BCUT2D eigenvalue weighted by atomic mass is 14.9. The van der Waals surface area contributed by atoms with E-state index in [-0.39, 0.29) is 0 Å². The molecule has 0 aromatic rings. The van der Waals surface area contributed by atoms with Crippen LogP contribution < -0.4 is 5.32 Å². The molecule has 0 bridgehead atoms. The van der Waals surface area contributed by atoms with Crippen molar-refractivity contribution in [2.45, 2.75) is 27.7 Å². The lowest BCUT2D eigenvalue weighted by molar-refractivity contribution is 0.990. The number of hydrogen-bond acceptors (Lipinski definition) is 1. The van der Waals surface area contributed by atoms with Crippen molar-refractivity contribution in [3.05, 3.63) is 53.6 Å². The highest BCUT2D eigenvalue weighted by Gasteiger charge is 1.95. The Balaban J connectivity index is 4.94. The van der Waals surface area contributed by atoms with Gasteiger partial charge in [0.25, 0.3) is 0 Å². The third kappa shape index (κ3) is 4.54. The molecule has 0 aliphatic heterocycles. The normalized spacial score (nSPS) is 12.9. The maximum Gasteiger partial charge on any atom is 0.0544 e. The van der Waals surface area contributed by atoms with Gasteiger partial charge in [0.15, 0.2) is 0 Å². The molecule has 0 radical (unpaired) electrons. The second-order valence-electron chi connectivity index (χ2n) is 3.02. The summed E-state index contributed by atoms with van der Waals surface area (Å²) in [6, 6.07) is 0. The van der Waals surface area contributed by atoms with Crippen LogP contribution in [0.25, 0.3) is 0 Å². The molecule has 0 aromatic carbocycles. The highest BCUT2D eigenvalue weighted by molar-refractivity contribution is 5.32. The molecule has 0 amide bonds. The lowest BCUT2D eigenvalue weighted by Crippen LogP contribution is -2.09. The summed E-state index contributed by atoms with van der Waals surface area (Å²) >= 11 is 0. The van der Waals surface area contributed by atoms with E-state index < -0.39 is 0 Å². The van der Waals surface area contributed by atoms with Gasteiger partial charge in [-0.1, -0.05) is 24.8 Å². The van der Waals surface area contributed by atoms with Crippen molar-refractivity contribution >= 4 is 0 Å². The van der Waals surface area contributed by atoms with Crippen LogP contribution in [0.15, 0.2) is 53.6 Å². The van der Waals surface area contributed by atoms with Gasteiger partial charge in [-0.15, -0.1) is 5.73 Å². The SMILES string of the molecule is C=C=C(C)NC(/C=C\C)=C(C)/C=C\C. The predicted octanol–water partition coefficient (Wildman–Crippen LogP) is 3.69. The largest absolute Gasteiger partial charge is 0.353 e. The van der Waals surface area contributed by atoms with Gasteiger partial charge in [-0.2, -0.15) is 0 Å². The summed E-state index contributed by atoms with van der Waals surface area (Å²) in [7, 11) is 0. The van der Waals surface area contributed by atoms with E-state index in [1.165, 1.54) is 5.57 Å². The van der Waals surface area contributed by atoms with Gasteiger partial charge in [0.2, 0.25) is 0 Å². The molecule has 0 saturated heterocycles. The van der Waals surface area contributed by atoms with Crippen LogP contribution >= 0.6 is 0 Å². The van der Waals surface area contributed by atoms with Crippen molar-refractivity contribution in [2.24, 2.45) is 0 Å².